The van der Waals surface area contributed by atoms with E-state index >= 15 is 0 Å². The van der Waals surface area contributed by atoms with Gasteiger partial charge in [0.05, 0.1) is 17.3 Å². The molecule has 1 aromatic rings. The number of carbonyl (C=O) groups is 1. The van der Waals surface area contributed by atoms with Gasteiger partial charge in [-0.2, -0.15) is 5.10 Å². The average Bonchev–Trinajstić information content (AvgIpc) is 2.28. The van der Waals surface area contributed by atoms with Crippen molar-refractivity contribution < 1.29 is 9.53 Å². The van der Waals surface area contributed by atoms with Gasteiger partial charge >= 0.3 is 5.97 Å². The molecule has 0 radical (unpaired) electrons. The summed E-state index contributed by atoms with van der Waals surface area (Å²) in [6.07, 6.45) is 0. The van der Waals surface area contributed by atoms with Crippen LogP contribution in [-0.4, -0.2) is 17.7 Å². The van der Waals surface area contributed by atoms with Gasteiger partial charge in [-0.1, -0.05) is 35.3 Å². The van der Waals surface area contributed by atoms with Gasteiger partial charge in [0, 0.05) is 0 Å². The van der Waals surface area contributed by atoms with Crippen molar-refractivity contribution in [2.45, 2.75) is 6.92 Å². The van der Waals surface area contributed by atoms with Gasteiger partial charge in [-0.3, -0.25) is 5.43 Å². The lowest BCUT2D eigenvalue weighted by atomic mass is 10.3. The van der Waals surface area contributed by atoms with E-state index in [4.69, 9.17) is 23.2 Å². The highest BCUT2D eigenvalue weighted by Crippen LogP contribution is 2.20. The third-order valence-corrected chi connectivity index (χ3v) is 2.16. The third-order valence-electron chi connectivity index (χ3n) is 1.59. The van der Waals surface area contributed by atoms with Crippen LogP contribution in [-0.2, 0) is 9.53 Å². The Morgan fingerprint density at radius 2 is 2.19 bits per heavy atom. The summed E-state index contributed by atoms with van der Waals surface area (Å²) in [5.74, 6) is -0.677. The predicted octanol–water partition coefficient (Wildman–Crippen LogP) is 2.87. The normalized spacial score (nSPS) is 11.1. The molecule has 6 heteroatoms. The van der Waals surface area contributed by atoms with E-state index in [9.17, 15) is 4.79 Å². The number of benzene rings is 1. The predicted molar refractivity (Wildman–Crippen MR) is 65.0 cm³/mol. The molecule has 0 aliphatic carbocycles. The molecule has 1 N–H and O–H groups in total. The van der Waals surface area contributed by atoms with Crippen molar-refractivity contribution >= 4 is 40.0 Å². The Morgan fingerprint density at radius 3 is 2.81 bits per heavy atom. The maximum Gasteiger partial charge on any atom is 0.370 e. The summed E-state index contributed by atoms with van der Waals surface area (Å²) in [4.78, 5) is 11.1. The monoisotopic (exact) mass is 260 g/mol. The lowest BCUT2D eigenvalue weighted by Crippen LogP contribution is -2.13. The van der Waals surface area contributed by atoms with Crippen LogP contribution in [0.25, 0.3) is 0 Å². The molecule has 0 aromatic heterocycles. The van der Waals surface area contributed by atoms with Crippen molar-refractivity contribution in [2.24, 2.45) is 5.10 Å². The number of hydrazone groups is 1. The minimum Gasteiger partial charge on any atom is -0.461 e. The number of para-hydroxylation sites is 1. The highest BCUT2D eigenvalue weighted by Gasteiger charge is 2.09. The van der Waals surface area contributed by atoms with Crippen LogP contribution in [0.5, 0.6) is 0 Å². The van der Waals surface area contributed by atoms with Gasteiger partial charge in [0.25, 0.3) is 0 Å². The molecule has 0 fully saturated rings. The van der Waals surface area contributed by atoms with Crippen molar-refractivity contribution in [3.05, 3.63) is 29.3 Å². The van der Waals surface area contributed by atoms with Crippen molar-refractivity contribution in [3.63, 3.8) is 0 Å². The summed E-state index contributed by atoms with van der Waals surface area (Å²) >= 11 is 11.4. The first-order valence-corrected chi connectivity index (χ1v) is 5.31. The lowest BCUT2D eigenvalue weighted by molar-refractivity contribution is -0.134. The van der Waals surface area contributed by atoms with Gasteiger partial charge in [0.15, 0.2) is 0 Å². The Morgan fingerprint density at radius 1 is 1.50 bits per heavy atom. The van der Waals surface area contributed by atoms with Crippen LogP contribution in [0.4, 0.5) is 5.69 Å². The number of anilines is 1. The second-order valence-electron chi connectivity index (χ2n) is 2.71. The Balaban J connectivity index is 2.66. The van der Waals surface area contributed by atoms with E-state index in [2.05, 4.69) is 15.3 Å². The number of halogens is 2. The first-order valence-electron chi connectivity index (χ1n) is 4.56. The van der Waals surface area contributed by atoms with E-state index in [1.807, 2.05) is 0 Å². The Kier molecular flexibility index (Phi) is 5.08. The Hall–Kier alpha value is -1.26. The van der Waals surface area contributed by atoms with Crippen molar-refractivity contribution in [2.75, 3.05) is 12.0 Å². The molecule has 4 nitrogen and oxygen atoms in total. The zero-order valence-electron chi connectivity index (χ0n) is 8.54. The molecule has 86 valence electrons. The van der Waals surface area contributed by atoms with Crippen LogP contribution in [0.1, 0.15) is 6.92 Å². The van der Waals surface area contributed by atoms with Crippen LogP contribution in [0.2, 0.25) is 5.02 Å². The molecule has 1 aromatic carbocycles. The second kappa shape index (κ2) is 6.35. The van der Waals surface area contributed by atoms with Crippen molar-refractivity contribution in [1.82, 2.24) is 0 Å². The summed E-state index contributed by atoms with van der Waals surface area (Å²) in [6, 6.07) is 6.96. The molecule has 0 aliphatic rings. The number of esters is 1. The molecule has 0 aliphatic heterocycles. The minimum absolute atomic E-state index is 0.247. The van der Waals surface area contributed by atoms with E-state index in [0.717, 1.165) is 0 Å². The number of ether oxygens (including phenoxy) is 1. The molecule has 0 saturated heterocycles. The molecule has 0 spiro atoms. The summed E-state index contributed by atoms with van der Waals surface area (Å²) < 4.78 is 4.65. The molecule has 0 atom stereocenters. The quantitative estimate of drug-likeness (QED) is 0.515. The number of rotatable bonds is 4. The largest absolute Gasteiger partial charge is 0.461 e. The third kappa shape index (κ3) is 3.72. The average molecular weight is 261 g/mol. The van der Waals surface area contributed by atoms with E-state index in [1.165, 1.54) is 0 Å². The summed E-state index contributed by atoms with van der Waals surface area (Å²) in [5, 5.41) is 3.86. The van der Waals surface area contributed by atoms with Crippen LogP contribution >= 0.6 is 23.2 Å². The first kappa shape index (κ1) is 12.8. The van der Waals surface area contributed by atoms with Crippen molar-refractivity contribution in [3.8, 4) is 0 Å². The Labute approximate surface area is 103 Å². The molecule has 0 heterocycles. The Bertz CT molecular complexity index is 408. The lowest BCUT2D eigenvalue weighted by Gasteiger charge is -2.03. The van der Waals surface area contributed by atoms with Crippen LogP contribution in [0.3, 0.4) is 0 Å². The van der Waals surface area contributed by atoms with Gasteiger partial charge < -0.3 is 4.74 Å². The number of nitrogens with one attached hydrogen (secondary N) is 1. The maximum atomic E-state index is 11.1. The molecule has 0 unspecified atom stereocenters. The van der Waals surface area contributed by atoms with E-state index < -0.39 is 5.97 Å². The molecule has 0 bridgehead atoms. The smallest absolute Gasteiger partial charge is 0.370 e. The summed E-state index contributed by atoms with van der Waals surface area (Å²) in [7, 11) is 0. The second-order valence-corrected chi connectivity index (χ2v) is 3.48. The zero-order chi connectivity index (χ0) is 12.0. The zero-order valence-corrected chi connectivity index (χ0v) is 10.0. The SMILES string of the molecule is CCOC(=O)/C(Cl)=N\Nc1ccccc1Cl. The number of nitrogens with zero attached hydrogens (tertiary/aromatic N) is 1. The highest BCUT2D eigenvalue weighted by atomic mass is 35.5. The fourth-order valence-electron chi connectivity index (χ4n) is 0.897. The first-order chi connectivity index (χ1) is 7.65. The molecular formula is C10H10Cl2N2O2. The van der Waals surface area contributed by atoms with Crippen molar-refractivity contribution in [1.29, 1.82) is 0 Å². The number of hydrogen-bond donors (Lipinski definition) is 1. The number of hydrogen-bond acceptors (Lipinski definition) is 4. The van der Waals surface area contributed by atoms with E-state index in [0.29, 0.717) is 10.7 Å². The van der Waals surface area contributed by atoms with Gasteiger partial charge in [0.2, 0.25) is 5.17 Å². The summed E-state index contributed by atoms with van der Waals surface area (Å²) in [6.45, 7) is 1.93. The van der Waals surface area contributed by atoms with Gasteiger partial charge in [-0.05, 0) is 19.1 Å². The molecule has 0 saturated carbocycles. The minimum atomic E-state index is -0.677. The van der Waals surface area contributed by atoms with Crippen LogP contribution in [0.15, 0.2) is 29.4 Å². The van der Waals surface area contributed by atoms with Crippen LogP contribution < -0.4 is 5.43 Å². The highest BCUT2D eigenvalue weighted by molar-refractivity contribution is 6.82. The van der Waals surface area contributed by atoms with Crippen LogP contribution in [0, 0.1) is 0 Å². The number of carbonyl (C=O) groups excluding carboxylic acids is 1. The van der Waals surface area contributed by atoms with E-state index in [-0.39, 0.29) is 11.8 Å². The fourth-order valence-corrected chi connectivity index (χ4v) is 1.17. The topological polar surface area (TPSA) is 50.7 Å². The van der Waals surface area contributed by atoms with Gasteiger partial charge in [0.1, 0.15) is 0 Å². The fraction of sp³-hybridized carbons (Fsp3) is 0.200. The van der Waals surface area contributed by atoms with Gasteiger partial charge in [-0.15, -0.1) is 0 Å². The molecule has 0 amide bonds. The summed E-state index contributed by atoms with van der Waals surface area (Å²) in [5.41, 5.74) is 3.14. The molecular weight excluding hydrogens is 251 g/mol. The molecule has 16 heavy (non-hydrogen) atoms. The maximum absolute atomic E-state index is 11.1. The molecule has 1 rings (SSSR count). The van der Waals surface area contributed by atoms with E-state index in [1.54, 1.807) is 31.2 Å². The standard InChI is InChI=1S/C10H10Cl2N2O2/c1-2-16-10(15)9(12)14-13-8-6-4-3-5-7(8)11/h3-6,13H,2H2,1H3/b14-9+. The van der Waals surface area contributed by atoms with Gasteiger partial charge in [-0.25, -0.2) is 4.79 Å².